The summed E-state index contributed by atoms with van der Waals surface area (Å²) in [7, 11) is 6.64. The molecule has 3 rings (SSSR count). The Morgan fingerprint density at radius 1 is 0.833 bits per heavy atom. The standard InChI is InChI=1S/C19H23NO4/c1-21-16-7-6-13(10-18(16)23-3)15-9-12-5-8-17(22-2)19(24-4)14(12)11-20-15/h5-8,10,15,20H,9,11H2,1-4H3/t15-/m1/s1. The monoisotopic (exact) mass is 329 g/mol. The molecule has 0 aliphatic carbocycles. The van der Waals surface area contributed by atoms with Crippen LogP contribution >= 0.6 is 0 Å². The average Bonchev–Trinajstić information content (AvgIpc) is 2.65. The first-order valence-corrected chi connectivity index (χ1v) is 7.89. The molecule has 0 radical (unpaired) electrons. The minimum Gasteiger partial charge on any atom is -0.493 e. The molecule has 0 saturated carbocycles. The van der Waals surface area contributed by atoms with E-state index in [1.165, 1.54) is 11.1 Å². The molecule has 0 unspecified atom stereocenters. The van der Waals surface area contributed by atoms with Gasteiger partial charge in [0.15, 0.2) is 23.0 Å². The zero-order valence-electron chi connectivity index (χ0n) is 14.5. The lowest BCUT2D eigenvalue weighted by Gasteiger charge is -2.28. The van der Waals surface area contributed by atoms with Crippen LogP contribution in [-0.2, 0) is 13.0 Å². The Kier molecular flexibility index (Phi) is 4.81. The molecule has 1 aliphatic rings. The lowest BCUT2D eigenvalue weighted by molar-refractivity contribution is 0.345. The maximum Gasteiger partial charge on any atom is 0.165 e. The van der Waals surface area contributed by atoms with Gasteiger partial charge in [0.1, 0.15) is 0 Å². The van der Waals surface area contributed by atoms with Crippen LogP contribution in [0.15, 0.2) is 30.3 Å². The molecule has 2 aromatic carbocycles. The van der Waals surface area contributed by atoms with Gasteiger partial charge in [0.05, 0.1) is 28.4 Å². The molecule has 1 atom stereocenters. The van der Waals surface area contributed by atoms with E-state index in [0.717, 1.165) is 41.5 Å². The first-order chi connectivity index (χ1) is 11.7. The van der Waals surface area contributed by atoms with Crippen molar-refractivity contribution in [3.63, 3.8) is 0 Å². The van der Waals surface area contributed by atoms with Gasteiger partial charge in [-0.05, 0) is 35.7 Å². The topological polar surface area (TPSA) is 49.0 Å². The zero-order valence-corrected chi connectivity index (χ0v) is 14.5. The van der Waals surface area contributed by atoms with E-state index in [1.807, 2.05) is 18.2 Å². The number of methoxy groups -OCH3 is 4. The SMILES string of the molecule is COc1ccc([C@H]2Cc3ccc(OC)c(OC)c3CN2)cc1OC. The highest BCUT2D eigenvalue weighted by Crippen LogP contribution is 2.39. The summed E-state index contributed by atoms with van der Waals surface area (Å²) in [6.45, 7) is 0.731. The number of ether oxygens (including phenoxy) is 4. The lowest BCUT2D eigenvalue weighted by Crippen LogP contribution is -2.29. The first-order valence-electron chi connectivity index (χ1n) is 7.89. The molecular weight excluding hydrogens is 306 g/mol. The maximum absolute atomic E-state index is 5.54. The lowest BCUT2D eigenvalue weighted by atomic mass is 9.91. The molecule has 0 bridgehead atoms. The van der Waals surface area contributed by atoms with Crippen LogP contribution in [0.25, 0.3) is 0 Å². The van der Waals surface area contributed by atoms with Crippen LogP contribution in [0, 0.1) is 0 Å². The molecule has 5 nitrogen and oxygen atoms in total. The van der Waals surface area contributed by atoms with Gasteiger partial charge in [0, 0.05) is 18.2 Å². The van der Waals surface area contributed by atoms with Crippen molar-refractivity contribution >= 4 is 0 Å². The third kappa shape index (κ3) is 2.87. The number of nitrogens with one attached hydrogen (secondary N) is 1. The van der Waals surface area contributed by atoms with Gasteiger partial charge in [-0.15, -0.1) is 0 Å². The fraction of sp³-hybridized carbons (Fsp3) is 0.368. The largest absolute Gasteiger partial charge is 0.493 e. The number of hydrogen-bond acceptors (Lipinski definition) is 5. The van der Waals surface area contributed by atoms with Crippen molar-refractivity contribution in [2.75, 3.05) is 28.4 Å². The molecule has 5 heteroatoms. The molecule has 0 aromatic heterocycles. The molecule has 24 heavy (non-hydrogen) atoms. The number of fused-ring (bicyclic) bond motifs is 1. The minimum absolute atomic E-state index is 0.218. The zero-order chi connectivity index (χ0) is 17.1. The van der Waals surface area contributed by atoms with Crippen LogP contribution in [-0.4, -0.2) is 28.4 Å². The Hall–Kier alpha value is -2.40. The highest BCUT2D eigenvalue weighted by Gasteiger charge is 2.24. The van der Waals surface area contributed by atoms with E-state index in [-0.39, 0.29) is 6.04 Å². The fourth-order valence-corrected chi connectivity index (χ4v) is 3.24. The molecular formula is C19H23NO4. The molecule has 0 amide bonds. The molecule has 128 valence electrons. The summed E-state index contributed by atoms with van der Waals surface area (Å²) in [6, 6.07) is 10.3. The Labute approximate surface area is 142 Å². The van der Waals surface area contributed by atoms with Crippen LogP contribution in [0.1, 0.15) is 22.7 Å². The number of benzene rings is 2. The van der Waals surface area contributed by atoms with Gasteiger partial charge < -0.3 is 24.3 Å². The minimum atomic E-state index is 0.218. The van der Waals surface area contributed by atoms with Crippen molar-refractivity contribution in [3.8, 4) is 23.0 Å². The summed E-state index contributed by atoms with van der Waals surface area (Å²) in [6.07, 6.45) is 0.880. The first kappa shape index (κ1) is 16.5. The van der Waals surface area contributed by atoms with E-state index in [2.05, 4.69) is 17.4 Å². The summed E-state index contributed by atoms with van der Waals surface area (Å²) < 4.78 is 21.7. The third-order valence-electron chi connectivity index (χ3n) is 4.50. The van der Waals surface area contributed by atoms with E-state index in [1.54, 1.807) is 28.4 Å². The molecule has 2 aromatic rings. The second-order valence-corrected chi connectivity index (χ2v) is 5.69. The second-order valence-electron chi connectivity index (χ2n) is 5.69. The maximum atomic E-state index is 5.54. The van der Waals surface area contributed by atoms with Gasteiger partial charge >= 0.3 is 0 Å². The summed E-state index contributed by atoms with van der Waals surface area (Å²) in [5.41, 5.74) is 3.60. The third-order valence-corrected chi connectivity index (χ3v) is 4.50. The van der Waals surface area contributed by atoms with Crippen LogP contribution in [0.4, 0.5) is 0 Å². The normalized spacial score (nSPS) is 16.2. The average molecular weight is 329 g/mol. The van der Waals surface area contributed by atoms with Crippen LogP contribution in [0.5, 0.6) is 23.0 Å². The quantitative estimate of drug-likeness (QED) is 0.913. The van der Waals surface area contributed by atoms with Crippen molar-refractivity contribution < 1.29 is 18.9 Å². The van der Waals surface area contributed by atoms with E-state index in [9.17, 15) is 0 Å². The predicted molar refractivity (Wildman–Crippen MR) is 92.4 cm³/mol. The predicted octanol–water partition coefficient (Wildman–Crippen LogP) is 3.11. The van der Waals surface area contributed by atoms with Crippen molar-refractivity contribution in [1.82, 2.24) is 5.32 Å². The van der Waals surface area contributed by atoms with Crippen molar-refractivity contribution in [2.24, 2.45) is 0 Å². The number of rotatable bonds is 5. The Morgan fingerprint density at radius 2 is 1.54 bits per heavy atom. The Bertz CT molecular complexity index is 730. The van der Waals surface area contributed by atoms with E-state index < -0.39 is 0 Å². The number of hydrogen-bond donors (Lipinski definition) is 1. The smallest absolute Gasteiger partial charge is 0.165 e. The molecule has 0 saturated heterocycles. The van der Waals surface area contributed by atoms with Crippen LogP contribution in [0.2, 0.25) is 0 Å². The molecule has 1 aliphatic heterocycles. The molecule has 0 fully saturated rings. The van der Waals surface area contributed by atoms with Gasteiger partial charge in [0.25, 0.3) is 0 Å². The van der Waals surface area contributed by atoms with Crippen molar-refractivity contribution in [3.05, 3.63) is 47.0 Å². The van der Waals surface area contributed by atoms with E-state index in [4.69, 9.17) is 18.9 Å². The van der Waals surface area contributed by atoms with Gasteiger partial charge in [-0.2, -0.15) is 0 Å². The Morgan fingerprint density at radius 3 is 2.21 bits per heavy atom. The van der Waals surface area contributed by atoms with Gasteiger partial charge in [-0.3, -0.25) is 0 Å². The molecule has 1 N–H and O–H groups in total. The fourth-order valence-electron chi connectivity index (χ4n) is 3.24. The molecule has 1 heterocycles. The summed E-state index contributed by atoms with van der Waals surface area (Å²) >= 11 is 0. The van der Waals surface area contributed by atoms with Crippen molar-refractivity contribution in [2.45, 2.75) is 19.0 Å². The van der Waals surface area contributed by atoms with Crippen molar-refractivity contribution in [1.29, 1.82) is 0 Å². The van der Waals surface area contributed by atoms with Gasteiger partial charge in [-0.1, -0.05) is 12.1 Å². The van der Waals surface area contributed by atoms with Crippen LogP contribution < -0.4 is 24.3 Å². The van der Waals surface area contributed by atoms with Gasteiger partial charge in [-0.25, -0.2) is 0 Å². The van der Waals surface area contributed by atoms with E-state index in [0.29, 0.717) is 0 Å². The van der Waals surface area contributed by atoms with Crippen LogP contribution in [0.3, 0.4) is 0 Å². The summed E-state index contributed by atoms with van der Waals surface area (Å²) in [4.78, 5) is 0. The Balaban J connectivity index is 1.90. The molecule has 0 spiro atoms. The summed E-state index contributed by atoms with van der Waals surface area (Å²) in [5.74, 6) is 3.06. The van der Waals surface area contributed by atoms with E-state index >= 15 is 0 Å². The highest BCUT2D eigenvalue weighted by atomic mass is 16.5. The van der Waals surface area contributed by atoms with Gasteiger partial charge in [0.2, 0.25) is 0 Å². The summed E-state index contributed by atoms with van der Waals surface area (Å²) in [5, 5.41) is 3.57. The highest BCUT2D eigenvalue weighted by molar-refractivity contribution is 5.52. The second kappa shape index (κ2) is 7.01.